The van der Waals surface area contributed by atoms with E-state index in [0.717, 1.165) is 12.1 Å². The zero-order valence-corrected chi connectivity index (χ0v) is 15.4. The lowest BCUT2D eigenvalue weighted by atomic mass is 9.91. The number of ether oxygens (including phenoxy) is 1. The van der Waals surface area contributed by atoms with Crippen molar-refractivity contribution in [2.75, 3.05) is 20.2 Å². The maximum Gasteiger partial charge on any atom is 0.255 e. The molecule has 0 saturated heterocycles. The molecule has 0 unspecified atom stereocenters. The van der Waals surface area contributed by atoms with Crippen LogP contribution in [0.25, 0.3) is 11.3 Å². The molecule has 3 rings (SSSR count). The van der Waals surface area contributed by atoms with Gasteiger partial charge < -0.3 is 9.64 Å². The summed E-state index contributed by atoms with van der Waals surface area (Å²) in [5.41, 5.74) is 0.849. The van der Waals surface area contributed by atoms with Gasteiger partial charge in [-0.3, -0.25) is 0 Å². The Morgan fingerprint density at radius 1 is 1.15 bits per heavy atom. The molecule has 2 aromatic rings. The first-order chi connectivity index (χ1) is 12.9. The third-order valence-corrected chi connectivity index (χ3v) is 4.84. The Morgan fingerprint density at radius 2 is 1.85 bits per heavy atom. The van der Waals surface area contributed by atoms with E-state index < -0.39 is 24.6 Å². The van der Waals surface area contributed by atoms with Crippen molar-refractivity contribution in [1.29, 1.82) is 0 Å². The molecule has 0 fully saturated rings. The number of hydrogen-bond acceptors (Lipinski definition) is 2. The molecule has 0 atom stereocenters. The highest BCUT2D eigenvalue weighted by atomic mass is 35.5. The molecule has 7 heteroatoms. The van der Waals surface area contributed by atoms with E-state index in [1.54, 1.807) is 18.2 Å². The lowest BCUT2D eigenvalue weighted by molar-refractivity contribution is 0.111. The van der Waals surface area contributed by atoms with Crippen LogP contribution in [0.2, 0.25) is 5.02 Å². The molecule has 0 saturated carbocycles. The predicted octanol–water partition coefficient (Wildman–Crippen LogP) is 5.86. The second kappa shape index (κ2) is 8.21. The minimum atomic E-state index is -2.64. The van der Waals surface area contributed by atoms with Gasteiger partial charge in [-0.25, -0.2) is 17.6 Å². The summed E-state index contributed by atoms with van der Waals surface area (Å²) < 4.78 is 60.6. The average molecular weight is 400 g/mol. The summed E-state index contributed by atoms with van der Waals surface area (Å²) in [6.45, 7) is -0.341. The van der Waals surface area contributed by atoms with Gasteiger partial charge in [0.1, 0.15) is 17.4 Å². The van der Waals surface area contributed by atoms with Crippen LogP contribution in [0, 0.1) is 11.6 Å². The maximum absolute atomic E-state index is 14.5. The Hall–Kier alpha value is -2.21. The minimum absolute atomic E-state index is 0.118. The molecule has 0 aliphatic carbocycles. The summed E-state index contributed by atoms with van der Waals surface area (Å²) in [6, 6.07) is 8.41. The monoisotopic (exact) mass is 399 g/mol. The molecular formula is C20H18ClF4NO. The topological polar surface area (TPSA) is 12.5 Å². The summed E-state index contributed by atoms with van der Waals surface area (Å²) in [4.78, 5) is 1.33. The molecule has 0 amide bonds. The van der Waals surface area contributed by atoms with Gasteiger partial charge in [0.25, 0.3) is 6.43 Å². The first-order valence-corrected chi connectivity index (χ1v) is 8.84. The van der Waals surface area contributed by atoms with Crippen LogP contribution < -0.4 is 4.74 Å². The lowest BCUT2D eigenvalue weighted by Crippen LogP contribution is -2.32. The van der Waals surface area contributed by atoms with Gasteiger partial charge >= 0.3 is 0 Å². The van der Waals surface area contributed by atoms with Crippen molar-refractivity contribution in [3.8, 4) is 5.75 Å². The van der Waals surface area contributed by atoms with Crippen LogP contribution in [0.15, 0.2) is 36.4 Å². The van der Waals surface area contributed by atoms with Crippen molar-refractivity contribution in [2.24, 2.45) is 0 Å². The summed E-state index contributed by atoms with van der Waals surface area (Å²) in [5, 5.41) is 0.360. The van der Waals surface area contributed by atoms with E-state index in [2.05, 4.69) is 0 Å². The second-order valence-electron chi connectivity index (χ2n) is 6.21. The quantitative estimate of drug-likeness (QED) is 0.584. The Balaban J connectivity index is 2.28. The van der Waals surface area contributed by atoms with Gasteiger partial charge in [0, 0.05) is 17.1 Å². The Bertz CT molecular complexity index is 849. The highest BCUT2D eigenvalue weighted by Crippen LogP contribution is 2.41. The van der Waals surface area contributed by atoms with Crippen molar-refractivity contribution < 1.29 is 22.3 Å². The molecule has 2 aromatic carbocycles. The van der Waals surface area contributed by atoms with Gasteiger partial charge in [-0.1, -0.05) is 17.7 Å². The first-order valence-electron chi connectivity index (χ1n) is 8.47. The largest absolute Gasteiger partial charge is 0.497 e. The van der Waals surface area contributed by atoms with E-state index in [0.29, 0.717) is 34.8 Å². The van der Waals surface area contributed by atoms with E-state index in [-0.39, 0.29) is 17.8 Å². The van der Waals surface area contributed by atoms with Crippen molar-refractivity contribution in [3.05, 3.63) is 64.2 Å². The molecule has 1 aliphatic rings. The van der Waals surface area contributed by atoms with Crippen LogP contribution in [0.5, 0.6) is 5.75 Å². The van der Waals surface area contributed by atoms with Crippen LogP contribution in [0.3, 0.4) is 0 Å². The number of hydrogen-bond donors (Lipinski definition) is 0. The van der Waals surface area contributed by atoms with Gasteiger partial charge in [0.05, 0.1) is 24.9 Å². The van der Waals surface area contributed by atoms with Gasteiger partial charge in [-0.15, -0.1) is 0 Å². The molecular weight excluding hydrogens is 382 g/mol. The average Bonchev–Trinajstić information content (AvgIpc) is 2.62. The summed E-state index contributed by atoms with van der Waals surface area (Å²) >= 11 is 6.33. The van der Waals surface area contributed by atoms with Crippen LogP contribution >= 0.6 is 11.6 Å². The predicted molar refractivity (Wildman–Crippen MR) is 98.0 cm³/mol. The number of alkyl halides is 2. The molecule has 144 valence electrons. The number of methoxy groups -OCH3 is 1. The maximum atomic E-state index is 14.5. The lowest BCUT2D eigenvalue weighted by Gasteiger charge is -2.34. The zero-order valence-electron chi connectivity index (χ0n) is 14.6. The fourth-order valence-corrected chi connectivity index (χ4v) is 3.61. The van der Waals surface area contributed by atoms with Crippen LogP contribution in [0.1, 0.15) is 24.0 Å². The number of benzene rings is 2. The summed E-state index contributed by atoms with van der Waals surface area (Å²) in [6.07, 6.45) is -1.62. The van der Waals surface area contributed by atoms with Gasteiger partial charge in [-0.2, -0.15) is 0 Å². The minimum Gasteiger partial charge on any atom is -0.497 e. The Kier molecular flexibility index (Phi) is 5.95. The highest BCUT2D eigenvalue weighted by Gasteiger charge is 2.29. The van der Waals surface area contributed by atoms with E-state index >= 15 is 0 Å². The fraction of sp³-hybridized carbons (Fsp3) is 0.300. The Morgan fingerprint density at radius 3 is 2.48 bits per heavy atom. The van der Waals surface area contributed by atoms with Crippen molar-refractivity contribution >= 4 is 22.9 Å². The third-order valence-electron chi connectivity index (χ3n) is 4.51. The number of allylic oxidation sites excluding steroid dienone is 1. The first kappa shape index (κ1) is 19.5. The molecule has 0 radical (unpaired) electrons. The molecule has 0 N–H and O–H groups in total. The zero-order chi connectivity index (χ0) is 19.6. The van der Waals surface area contributed by atoms with Crippen LogP contribution in [-0.4, -0.2) is 31.5 Å². The molecule has 1 heterocycles. The van der Waals surface area contributed by atoms with E-state index in [1.165, 1.54) is 18.1 Å². The molecule has 0 spiro atoms. The third kappa shape index (κ3) is 4.05. The summed E-state index contributed by atoms with van der Waals surface area (Å²) in [7, 11) is 1.49. The molecule has 1 aliphatic heterocycles. The fourth-order valence-electron chi connectivity index (χ4n) is 3.37. The van der Waals surface area contributed by atoms with Crippen molar-refractivity contribution in [1.82, 2.24) is 4.90 Å². The van der Waals surface area contributed by atoms with Gasteiger partial charge in [0.2, 0.25) is 0 Å². The van der Waals surface area contributed by atoms with Gasteiger partial charge in [-0.05, 0) is 48.7 Å². The second-order valence-corrected chi connectivity index (χ2v) is 6.62. The highest BCUT2D eigenvalue weighted by molar-refractivity contribution is 6.32. The van der Waals surface area contributed by atoms with Gasteiger partial charge in [0.15, 0.2) is 0 Å². The summed E-state index contributed by atoms with van der Waals surface area (Å²) in [5.74, 6) is -1.09. The van der Waals surface area contributed by atoms with E-state index in [9.17, 15) is 17.6 Å². The number of halogens is 5. The number of nitrogens with zero attached hydrogens (tertiary/aromatic N) is 1. The molecule has 2 nitrogen and oxygen atoms in total. The molecule has 27 heavy (non-hydrogen) atoms. The normalized spacial score (nSPS) is 14.9. The molecule has 0 aromatic heterocycles. The van der Waals surface area contributed by atoms with Crippen LogP contribution in [-0.2, 0) is 0 Å². The molecule has 0 bridgehead atoms. The van der Waals surface area contributed by atoms with E-state index in [1.807, 2.05) is 0 Å². The smallest absolute Gasteiger partial charge is 0.255 e. The van der Waals surface area contributed by atoms with E-state index in [4.69, 9.17) is 16.3 Å². The standard InChI is InChI=1S/C20H18ClF4NO/c1-27-12-7-8-15(21)14(10-12)13-4-3-9-26(11-18(24)25)20(13)19-16(22)5-2-6-17(19)23/h2,5-8,10,18H,3-4,9,11H2,1H3. The van der Waals surface area contributed by atoms with Crippen LogP contribution in [0.4, 0.5) is 17.6 Å². The van der Waals surface area contributed by atoms with Crippen molar-refractivity contribution in [3.63, 3.8) is 0 Å². The SMILES string of the molecule is COc1ccc(Cl)c(C2=C(c3c(F)cccc3F)N(CC(F)F)CCC2)c1. The Labute approximate surface area is 160 Å². The van der Waals surface area contributed by atoms with Crippen molar-refractivity contribution in [2.45, 2.75) is 19.3 Å². The number of rotatable bonds is 5.